The zero-order chi connectivity index (χ0) is 15.1. The predicted molar refractivity (Wildman–Crippen MR) is 86.6 cm³/mol. The number of benzene rings is 2. The second kappa shape index (κ2) is 3.71. The highest BCUT2D eigenvalue weighted by atomic mass is 16.1. The molecule has 1 heteroatoms. The van der Waals surface area contributed by atoms with Gasteiger partial charge in [0.15, 0.2) is 0 Å². The lowest BCUT2D eigenvalue weighted by Gasteiger charge is -2.45. The topological polar surface area (TPSA) is 17.1 Å². The highest BCUT2D eigenvalue weighted by Gasteiger charge is 2.91. The Labute approximate surface area is 131 Å². The Bertz CT molecular complexity index is 761. The van der Waals surface area contributed by atoms with Crippen LogP contribution in [0.5, 0.6) is 0 Å². The molecule has 0 aromatic heterocycles. The fraction of sp³-hybridized carbons (Fsp3) is 0.381. The van der Waals surface area contributed by atoms with Gasteiger partial charge < -0.3 is 0 Å². The highest BCUT2D eigenvalue weighted by Crippen LogP contribution is 2.88. The molecule has 0 spiro atoms. The number of carbonyl (C=O) groups is 1. The summed E-state index contributed by atoms with van der Waals surface area (Å²) in [7, 11) is 0. The van der Waals surface area contributed by atoms with Gasteiger partial charge in [0.2, 0.25) is 0 Å². The molecule has 0 amide bonds. The zero-order valence-electron chi connectivity index (χ0n) is 13.0. The molecule has 5 rings (SSSR count). The van der Waals surface area contributed by atoms with E-state index in [1.54, 1.807) is 0 Å². The first kappa shape index (κ1) is 12.6. The first-order chi connectivity index (χ1) is 10.6. The number of fused-ring (bicyclic) bond motifs is 1. The van der Waals surface area contributed by atoms with Crippen molar-refractivity contribution in [2.24, 2.45) is 23.2 Å². The Kier molecular flexibility index (Phi) is 2.13. The SMILES string of the molecule is CC1(C)[C@H](c2ccccc2)[C@@H]2C(=O)[C@@H]3[C@@H]2[C@@]31c1ccccc1. The lowest BCUT2D eigenvalue weighted by atomic mass is 9.57. The van der Waals surface area contributed by atoms with Gasteiger partial charge in [-0.3, -0.25) is 4.79 Å². The minimum Gasteiger partial charge on any atom is -0.299 e. The van der Waals surface area contributed by atoms with E-state index >= 15 is 0 Å². The molecular formula is C21H20O. The molecule has 0 bridgehead atoms. The molecule has 5 atom stereocenters. The van der Waals surface area contributed by atoms with Crippen molar-refractivity contribution >= 4 is 5.78 Å². The summed E-state index contributed by atoms with van der Waals surface area (Å²) in [5.41, 5.74) is 2.93. The Balaban J connectivity index is 1.70. The lowest BCUT2D eigenvalue weighted by Crippen LogP contribution is -2.45. The summed E-state index contributed by atoms with van der Waals surface area (Å²) in [5.74, 6) is 1.97. The van der Waals surface area contributed by atoms with Crippen LogP contribution in [0.15, 0.2) is 60.7 Å². The first-order valence-corrected chi connectivity index (χ1v) is 8.26. The molecule has 110 valence electrons. The maximum absolute atomic E-state index is 12.7. The number of hydrogen-bond acceptors (Lipinski definition) is 1. The summed E-state index contributed by atoms with van der Waals surface area (Å²) in [6.45, 7) is 4.77. The molecule has 0 N–H and O–H groups in total. The van der Waals surface area contributed by atoms with Gasteiger partial charge >= 0.3 is 0 Å². The average Bonchev–Trinajstić information content (AvgIpc) is 3.15. The van der Waals surface area contributed by atoms with E-state index in [9.17, 15) is 4.79 Å². The van der Waals surface area contributed by atoms with Crippen molar-refractivity contribution in [2.75, 3.05) is 0 Å². The van der Waals surface area contributed by atoms with Crippen LogP contribution in [0.4, 0.5) is 0 Å². The van der Waals surface area contributed by atoms with Crippen molar-refractivity contribution in [1.29, 1.82) is 0 Å². The van der Waals surface area contributed by atoms with Crippen LogP contribution in [0.25, 0.3) is 0 Å². The maximum atomic E-state index is 12.7. The lowest BCUT2D eigenvalue weighted by molar-refractivity contribution is -0.134. The van der Waals surface area contributed by atoms with Gasteiger partial charge in [-0.2, -0.15) is 0 Å². The van der Waals surface area contributed by atoms with E-state index in [2.05, 4.69) is 74.5 Å². The molecule has 0 radical (unpaired) electrons. The van der Waals surface area contributed by atoms with Crippen LogP contribution in [0.1, 0.15) is 30.9 Å². The van der Waals surface area contributed by atoms with E-state index in [4.69, 9.17) is 0 Å². The molecule has 3 aliphatic rings. The maximum Gasteiger partial charge on any atom is 0.141 e. The number of hydrogen-bond donors (Lipinski definition) is 0. The first-order valence-electron chi connectivity index (χ1n) is 8.26. The molecule has 0 saturated heterocycles. The summed E-state index contributed by atoms with van der Waals surface area (Å²) < 4.78 is 0. The molecule has 0 aliphatic heterocycles. The van der Waals surface area contributed by atoms with Crippen molar-refractivity contribution in [3.8, 4) is 0 Å². The summed E-state index contributed by atoms with van der Waals surface area (Å²) in [6.07, 6.45) is 0. The monoisotopic (exact) mass is 288 g/mol. The van der Waals surface area contributed by atoms with E-state index in [0.29, 0.717) is 17.6 Å². The third-order valence-corrected chi connectivity index (χ3v) is 6.90. The predicted octanol–water partition coefficient (Wildman–Crippen LogP) is 4.19. The standard InChI is InChI=1S/C21H20O/c1-20(2)16(13-9-5-3-6-10-13)15-17-18(19(15)22)21(17,20)14-11-7-4-8-12-14/h3-12,15-18H,1-2H3/t15-,16+,17+,18-,21-/m0/s1. The van der Waals surface area contributed by atoms with Crippen molar-refractivity contribution in [2.45, 2.75) is 25.2 Å². The smallest absolute Gasteiger partial charge is 0.141 e. The Morgan fingerprint density at radius 1 is 0.818 bits per heavy atom. The second-order valence-electron chi connectivity index (χ2n) is 7.78. The molecule has 3 saturated carbocycles. The minimum absolute atomic E-state index is 0.0799. The van der Waals surface area contributed by atoms with E-state index in [-0.39, 0.29) is 22.7 Å². The van der Waals surface area contributed by atoms with Crippen molar-refractivity contribution in [1.82, 2.24) is 0 Å². The van der Waals surface area contributed by atoms with Crippen molar-refractivity contribution < 1.29 is 4.79 Å². The molecule has 2 aromatic rings. The van der Waals surface area contributed by atoms with E-state index in [0.717, 1.165) is 0 Å². The van der Waals surface area contributed by atoms with Gasteiger partial charge in [0.1, 0.15) is 5.78 Å². The van der Waals surface area contributed by atoms with Crippen LogP contribution in [-0.2, 0) is 10.2 Å². The molecular weight excluding hydrogens is 268 g/mol. The number of Topliss-reactive ketones (excluding diaryl/α,β-unsaturated/α-hetero) is 1. The normalized spacial score (nSPS) is 40.0. The van der Waals surface area contributed by atoms with Crippen LogP contribution in [-0.4, -0.2) is 5.78 Å². The highest BCUT2D eigenvalue weighted by molar-refractivity contribution is 6.01. The molecule has 0 unspecified atom stereocenters. The molecule has 1 nitrogen and oxygen atoms in total. The third kappa shape index (κ3) is 1.11. The molecule has 3 aliphatic carbocycles. The van der Waals surface area contributed by atoms with E-state index in [1.807, 2.05) is 0 Å². The van der Waals surface area contributed by atoms with Gasteiger partial charge in [-0.25, -0.2) is 0 Å². The molecule has 0 heterocycles. The summed E-state index contributed by atoms with van der Waals surface area (Å²) in [4.78, 5) is 12.7. The van der Waals surface area contributed by atoms with Gasteiger partial charge in [0, 0.05) is 17.3 Å². The largest absolute Gasteiger partial charge is 0.299 e. The van der Waals surface area contributed by atoms with Gasteiger partial charge in [-0.1, -0.05) is 74.5 Å². The third-order valence-electron chi connectivity index (χ3n) is 6.90. The van der Waals surface area contributed by atoms with E-state index in [1.165, 1.54) is 11.1 Å². The summed E-state index contributed by atoms with van der Waals surface area (Å²) in [5, 5.41) is 0. The Morgan fingerprint density at radius 3 is 2.05 bits per heavy atom. The van der Waals surface area contributed by atoms with Crippen molar-refractivity contribution in [3.05, 3.63) is 71.8 Å². The second-order valence-corrected chi connectivity index (χ2v) is 7.78. The molecule has 22 heavy (non-hydrogen) atoms. The number of rotatable bonds is 2. The van der Waals surface area contributed by atoms with Crippen LogP contribution < -0.4 is 0 Å². The van der Waals surface area contributed by atoms with Crippen LogP contribution in [0.2, 0.25) is 0 Å². The molecule has 3 fully saturated rings. The fourth-order valence-corrected chi connectivity index (χ4v) is 6.22. The summed E-state index contributed by atoms with van der Waals surface area (Å²) in [6, 6.07) is 21.4. The van der Waals surface area contributed by atoms with Gasteiger partial charge in [-0.05, 0) is 28.4 Å². The minimum atomic E-state index is 0.0799. The Morgan fingerprint density at radius 2 is 1.41 bits per heavy atom. The van der Waals surface area contributed by atoms with Crippen LogP contribution in [0.3, 0.4) is 0 Å². The quantitative estimate of drug-likeness (QED) is 0.809. The fourth-order valence-electron chi connectivity index (χ4n) is 6.22. The van der Waals surface area contributed by atoms with Gasteiger partial charge in [-0.15, -0.1) is 0 Å². The van der Waals surface area contributed by atoms with Gasteiger partial charge in [0.25, 0.3) is 0 Å². The van der Waals surface area contributed by atoms with E-state index < -0.39 is 0 Å². The van der Waals surface area contributed by atoms with Crippen LogP contribution >= 0.6 is 0 Å². The Hall–Kier alpha value is -1.89. The number of carbonyl (C=O) groups excluding carboxylic acids is 1. The summed E-state index contributed by atoms with van der Waals surface area (Å²) >= 11 is 0. The average molecular weight is 288 g/mol. The molecule has 2 aromatic carbocycles. The van der Waals surface area contributed by atoms with Gasteiger partial charge in [0.05, 0.1) is 0 Å². The zero-order valence-corrected chi connectivity index (χ0v) is 13.0. The van der Waals surface area contributed by atoms with Crippen LogP contribution in [0, 0.1) is 23.2 Å². The van der Waals surface area contributed by atoms with Crippen molar-refractivity contribution in [3.63, 3.8) is 0 Å². The number of ketones is 1.